The van der Waals surface area contributed by atoms with Gasteiger partial charge in [0.2, 0.25) is 0 Å². The van der Waals surface area contributed by atoms with Crippen molar-refractivity contribution in [1.29, 1.82) is 0 Å². The molecule has 3 rings (SSSR count). The Morgan fingerprint density at radius 3 is 2.46 bits per heavy atom. The number of carboxylic acids is 1. The summed E-state index contributed by atoms with van der Waals surface area (Å²) in [5.41, 5.74) is 2.26. The zero-order valence-corrected chi connectivity index (χ0v) is 15.8. The van der Waals surface area contributed by atoms with Crippen molar-refractivity contribution in [2.24, 2.45) is 0 Å². The third-order valence-electron chi connectivity index (χ3n) is 5.08. The molecule has 142 valence electrons. The minimum atomic E-state index is -0.883. The fourth-order valence-electron chi connectivity index (χ4n) is 3.83. The molecule has 1 atom stereocenters. The Labute approximate surface area is 154 Å². The molecule has 26 heavy (non-hydrogen) atoms. The zero-order valence-electron chi connectivity index (χ0n) is 15.8. The summed E-state index contributed by atoms with van der Waals surface area (Å²) in [7, 11) is 0. The Morgan fingerprint density at radius 1 is 1.15 bits per heavy atom. The van der Waals surface area contributed by atoms with Gasteiger partial charge in [0.25, 0.3) is 0 Å². The van der Waals surface area contributed by atoms with E-state index in [4.69, 9.17) is 4.74 Å². The Kier molecular flexibility index (Phi) is 5.23. The highest BCUT2D eigenvalue weighted by Crippen LogP contribution is 2.35. The van der Waals surface area contributed by atoms with Gasteiger partial charge in [-0.1, -0.05) is 6.07 Å². The maximum atomic E-state index is 12.2. The van der Waals surface area contributed by atoms with Crippen LogP contribution in [-0.4, -0.2) is 58.7 Å². The lowest BCUT2D eigenvalue weighted by molar-refractivity contribution is 0.00923. The number of carbonyl (C=O) groups excluding carboxylic acids is 1. The Balaban J connectivity index is 1.68. The van der Waals surface area contributed by atoms with Crippen molar-refractivity contribution in [3.63, 3.8) is 0 Å². The first-order chi connectivity index (χ1) is 12.2. The molecule has 6 nitrogen and oxygen atoms in total. The minimum Gasteiger partial charge on any atom is -0.478 e. The summed E-state index contributed by atoms with van der Waals surface area (Å²) in [6.45, 7) is 8.46. The van der Waals surface area contributed by atoms with Crippen molar-refractivity contribution in [2.75, 3.05) is 26.2 Å². The summed E-state index contributed by atoms with van der Waals surface area (Å²) in [6.07, 6.45) is 2.89. The molecule has 0 aromatic heterocycles. The number of carbonyl (C=O) groups is 2. The van der Waals surface area contributed by atoms with Crippen LogP contribution in [0.4, 0.5) is 4.79 Å². The Hall–Kier alpha value is -2.08. The molecule has 0 spiro atoms. The SMILES string of the molecule is CC(C)(C)OC(=O)N1CCN(C2CCCc3ccc(C(=O)O)cc32)CC1. The van der Waals surface area contributed by atoms with Gasteiger partial charge in [0.1, 0.15) is 5.60 Å². The summed E-state index contributed by atoms with van der Waals surface area (Å²) >= 11 is 0. The molecule has 1 unspecified atom stereocenters. The molecule has 6 heteroatoms. The van der Waals surface area contributed by atoms with E-state index in [9.17, 15) is 14.7 Å². The highest BCUT2D eigenvalue weighted by molar-refractivity contribution is 5.88. The van der Waals surface area contributed by atoms with Gasteiger partial charge >= 0.3 is 12.1 Å². The van der Waals surface area contributed by atoms with Crippen LogP contribution >= 0.6 is 0 Å². The molecular weight excluding hydrogens is 332 g/mol. The van der Waals surface area contributed by atoms with Gasteiger partial charge < -0.3 is 14.7 Å². The first-order valence-corrected chi connectivity index (χ1v) is 9.33. The number of benzene rings is 1. The van der Waals surface area contributed by atoms with E-state index in [1.807, 2.05) is 32.9 Å². The number of rotatable bonds is 2. The van der Waals surface area contributed by atoms with Crippen LogP contribution in [0.25, 0.3) is 0 Å². The molecule has 0 radical (unpaired) electrons. The summed E-state index contributed by atoms with van der Waals surface area (Å²) in [5.74, 6) is -0.883. The topological polar surface area (TPSA) is 70.1 Å². The molecule has 1 aliphatic carbocycles. The lowest BCUT2D eigenvalue weighted by Crippen LogP contribution is -2.51. The second kappa shape index (κ2) is 7.27. The van der Waals surface area contributed by atoms with Crippen molar-refractivity contribution in [3.8, 4) is 0 Å². The second-order valence-corrected chi connectivity index (χ2v) is 8.13. The molecule has 1 fully saturated rings. The average Bonchev–Trinajstić information content (AvgIpc) is 2.59. The molecule has 2 aliphatic rings. The molecule has 1 aromatic rings. The molecule has 0 saturated carbocycles. The van der Waals surface area contributed by atoms with Gasteiger partial charge in [0.15, 0.2) is 0 Å². The number of hydrogen-bond donors (Lipinski definition) is 1. The first kappa shape index (κ1) is 18.7. The van der Waals surface area contributed by atoms with Crippen LogP contribution in [0.15, 0.2) is 18.2 Å². The van der Waals surface area contributed by atoms with E-state index in [1.54, 1.807) is 11.0 Å². The lowest BCUT2D eigenvalue weighted by atomic mass is 9.85. The van der Waals surface area contributed by atoms with Crippen LogP contribution < -0.4 is 0 Å². The molecule has 1 aliphatic heterocycles. The van der Waals surface area contributed by atoms with Crippen LogP contribution in [0, 0.1) is 0 Å². The number of amides is 1. The number of carboxylic acid groups (broad SMARTS) is 1. The van der Waals surface area contributed by atoms with Crippen LogP contribution in [0.5, 0.6) is 0 Å². The quantitative estimate of drug-likeness (QED) is 0.876. The molecule has 1 amide bonds. The van der Waals surface area contributed by atoms with E-state index in [0.717, 1.165) is 37.9 Å². The molecular formula is C20H28N2O4. The molecule has 0 bridgehead atoms. The maximum Gasteiger partial charge on any atom is 0.410 e. The van der Waals surface area contributed by atoms with Gasteiger partial charge in [-0.3, -0.25) is 4.90 Å². The smallest absolute Gasteiger partial charge is 0.410 e. The van der Waals surface area contributed by atoms with Crippen molar-refractivity contribution < 1.29 is 19.4 Å². The van der Waals surface area contributed by atoms with Gasteiger partial charge in [-0.05, 0) is 63.3 Å². The molecule has 1 heterocycles. The van der Waals surface area contributed by atoms with Gasteiger partial charge in [0, 0.05) is 32.2 Å². The fraction of sp³-hybridized carbons (Fsp3) is 0.600. The number of fused-ring (bicyclic) bond motifs is 1. The lowest BCUT2D eigenvalue weighted by Gasteiger charge is -2.41. The van der Waals surface area contributed by atoms with Gasteiger partial charge in [-0.15, -0.1) is 0 Å². The van der Waals surface area contributed by atoms with E-state index in [-0.39, 0.29) is 12.1 Å². The van der Waals surface area contributed by atoms with Crippen molar-refractivity contribution in [1.82, 2.24) is 9.80 Å². The predicted molar refractivity (Wildman–Crippen MR) is 98.5 cm³/mol. The maximum absolute atomic E-state index is 12.2. The zero-order chi connectivity index (χ0) is 18.9. The molecule has 1 saturated heterocycles. The van der Waals surface area contributed by atoms with E-state index >= 15 is 0 Å². The number of aryl methyl sites for hydroxylation is 1. The van der Waals surface area contributed by atoms with Crippen LogP contribution in [0.1, 0.15) is 61.1 Å². The highest BCUT2D eigenvalue weighted by atomic mass is 16.6. The van der Waals surface area contributed by atoms with E-state index in [1.165, 1.54) is 5.56 Å². The second-order valence-electron chi connectivity index (χ2n) is 8.13. The average molecular weight is 360 g/mol. The summed E-state index contributed by atoms with van der Waals surface area (Å²) < 4.78 is 5.46. The summed E-state index contributed by atoms with van der Waals surface area (Å²) in [5, 5.41) is 9.30. The van der Waals surface area contributed by atoms with Crippen LogP contribution in [0.2, 0.25) is 0 Å². The summed E-state index contributed by atoms with van der Waals surface area (Å²) in [6, 6.07) is 5.73. The number of ether oxygens (including phenoxy) is 1. The number of nitrogens with zero attached hydrogens (tertiary/aromatic N) is 2. The monoisotopic (exact) mass is 360 g/mol. The predicted octanol–water partition coefficient (Wildman–Crippen LogP) is 3.31. The third kappa shape index (κ3) is 4.18. The van der Waals surface area contributed by atoms with Gasteiger partial charge in [0.05, 0.1) is 5.56 Å². The fourth-order valence-corrected chi connectivity index (χ4v) is 3.83. The van der Waals surface area contributed by atoms with E-state index in [2.05, 4.69) is 4.90 Å². The number of aromatic carboxylic acids is 1. The Bertz CT molecular complexity index is 688. The number of hydrogen-bond acceptors (Lipinski definition) is 4. The normalized spacial score (nSPS) is 21.2. The van der Waals surface area contributed by atoms with E-state index < -0.39 is 11.6 Å². The van der Waals surface area contributed by atoms with Crippen molar-refractivity contribution >= 4 is 12.1 Å². The highest BCUT2D eigenvalue weighted by Gasteiger charge is 2.31. The van der Waals surface area contributed by atoms with Gasteiger partial charge in [-0.25, -0.2) is 9.59 Å². The van der Waals surface area contributed by atoms with Crippen molar-refractivity contribution in [3.05, 3.63) is 34.9 Å². The van der Waals surface area contributed by atoms with Crippen LogP contribution in [0.3, 0.4) is 0 Å². The number of piperazine rings is 1. The van der Waals surface area contributed by atoms with Crippen molar-refractivity contribution in [2.45, 2.75) is 51.7 Å². The third-order valence-corrected chi connectivity index (χ3v) is 5.08. The Morgan fingerprint density at radius 2 is 1.85 bits per heavy atom. The van der Waals surface area contributed by atoms with Gasteiger partial charge in [-0.2, -0.15) is 0 Å². The summed E-state index contributed by atoms with van der Waals surface area (Å²) in [4.78, 5) is 27.7. The van der Waals surface area contributed by atoms with E-state index in [0.29, 0.717) is 18.7 Å². The largest absolute Gasteiger partial charge is 0.478 e. The standard InChI is InChI=1S/C20H28N2O4/c1-20(2,3)26-19(25)22-11-9-21(10-12-22)17-6-4-5-14-7-8-15(18(23)24)13-16(14)17/h7-8,13,17H,4-6,9-12H2,1-3H3,(H,23,24). The molecule has 1 N–H and O–H groups in total. The minimum absolute atomic E-state index is 0.235. The van der Waals surface area contributed by atoms with Crippen LogP contribution in [-0.2, 0) is 11.2 Å². The first-order valence-electron chi connectivity index (χ1n) is 9.33. The molecule has 1 aromatic carbocycles.